The third-order valence-corrected chi connectivity index (χ3v) is 4.55. The van der Waals surface area contributed by atoms with E-state index in [1.165, 1.54) is 9.78 Å². The van der Waals surface area contributed by atoms with Crippen LogP contribution in [0.15, 0.2) is 6.20 Å². The minimum atomic E-state index is -4.08. The van der Waals surface area contributed by atoms with Crippen LogP contribution in [0.4, 0.5) is 13.2 Å². The Bertz CT molecular complexity index is 419. The highest BCUT2D eigenvalue weighted by molar-refractivity contribution is 7.11. The van der Waals surface area contributed by atoms with Crippen molar-refractivity contribution in [1.82, 2.24) is 15.2 Å². The van der Waals surface area contributed by atoms with Gasteiger partial charge >= 0.3 is 6.18 Å². The summed E-state index contributed by atoms with van der Waals surface area (Å²) in [5.74, 6) is 0.316. The van der Waals surface area contributed by atoms with E-state index in [-0.39, 0.29) is 0 Å². The zero-order valence-electron chi connectivity index (χ0n) is 11.5. The lowest BCUT2D eigenvalue weighted by Gasteiger charge is -2.17. The number of likely N-dealkylation sites (tertiary alicyclic amines) is 1. The fourth-order valence-corrected chi connectivity index (χ4v) is 3.30. The van der Waals surface area contributed by atoms with Crippen molar-refractivity contribution < 1.29 is 13.2 Å². The molecule has 1 aromatic heterocycles. The zero-order valence-corrected chi connectivity index (χ0v) is 12.4. The maximum Gasteiger partial charge on any atom is 0.401 e. The smallest absolute Gasteiger partial charge is 0.311 e. The van der Waals surface area contributed by atoms with E-state index in [0.29, 0.717) is 19.0 Å². The van der Waals surface area contributed by atoms with Crippen LogP contribution in [0.25, 0.3) is 0 Å². The van der Waals surface area contributed by atoms with Crippen molar-refractivity contribution in [3.05, 3.63) is 16.1 Å². The average Bonchev–Trinajstić information content (AvgIpc) is 2.97. The van der Waals surface area contributed by atoms with E-state index in [1.807, 2.05) is 6.20 Å². The topological polar surface area (TPSA) is 28.2 Å². The summed E-state index contributed by atoms with van der Waals surface area (Å²) in [5, 5.41) is 4.45. The Morgan fingerprint density at radius 3 is 2.95 bits per heavy atom. The van der Waals surface area contributed by atoms with Crippen LogP contribution in [0.5, 0.6) is 0 Å². The molecule has 0 amide bonds. The van der Waals surface area contributed by atoms with E-state index in [4.69, 9.17) is 0 Å². The van der Waals surface area contributed by atoms with Crippen molar-refractivity contribution >= 4 is 11.3 Å². The average molecular weight is 307 g/mol. The molecular formula is C13H20F3N3S. The number of thiazole rings is 1. The maximum absolute atomic E-state index is 12.3. The Hall–Kier alpha value is -0.660. The molecule has 1 aliphatic rings. The summed E-state index contributed by atoms with van der Waals surface area (Å²) in [6.45, 7) is 3.91. The summed E-state index contributed by atoms with van der Waals surface area (Å²) in [5.41, 5.74) is 0. The van der Waals surface area contributed by atoms with Crippen LogP contribution < -0.4 is 5.32 Å². The number of aromatic nitrogens is 1. The molecular weight excluding hydrogens is 287 g/mol. The van der Waals surface area contributed by atoms with Gasteiger partial charge in [0.25, 0.3) is 0 Å². The molecule has 0 aromatic carbocycles. The molecule has 1 aromatic rings. The number of nitrogens with one attached hydrogen (secondary N) is 1. The molecule has 3 nitrogen and oxygen atoms in total. The van der Waals surface area contributed by atoms with Gasteiger partial charge in [0.15, 0.2) is 0 Å². The summed E-state index contributed by atoms with van der Waals surface area (Å²) in [4.78, 5) is 6.96. The summed E-state index contributed by atoms with van der Waals surface area (Å²) >= 11 is 1.69. The van der Waals surface area contributed by atoms with Crippen LogP contribution in [-0.4, -0.2) is 42.2 Å². The number of nitrogens with zero attached hydrogens (tertiary/aromatic N) is 2. The Labute approximate surface area is 121 Å². The second kappa shape index (κ2) is 6.87. The quantitative estimate of drug-likeness (QED) is 0.876. The first-order chi connectivity index (χ1) is 9.46. The Balaban J connectivity index is 1.65. The molecule has 0 aliphatic carbocycles. The first-order valence-electron chi connectivity index (χ1n) is 6.89. The molecule has 1 saturated heterocycles. The summed E-state index contributed by atoms with van der Waals surface area (Å²) in [6.07, 6.45) is -0.422. The minimum absolute atomic E-state index is 0.316. The van der Waals surface area contributed by atoms with Crippen molar-refractivity contribution in [1.29, 1.82) is 0 Å². The van der Waals surface area contributed by atoms with E-state index in [0.717, 1.165) is 30.9 Å². The fraction of sp³-hybridized carbons (Fsp3) is 0.769. The number of alkyl halides is 3. The van der Waals surface area contributed by atoms with Crippen molar-refractivity contribution in [3.63, 3.8) is 0 Å². The molecule has 0 bridgehead atoms. The fourth-order valence-electron chi connectivity index (χ4n) is 2.47. The number of hydrogen-bond donors (Lipinski definition) is 1. The van der Waals surface area contributed by atoms with Crippen LogP contribution in [-0.2, 0) is 13.0 Å². The molecule has 0 radical (unpaired) electrons. The Morgan fingerprint density at radius 2 is 2.30 bits per heavy atom. The highest BCUT2D eigenvalue weighted by atomic mass is 32.1. The standard InChI is InChI=1S/C13H20F3N3S/c1-2-12-18-7-11(20-12)6-17-5-10-3-4-19(8-10)9-13(14,15)16/h7,10,17H,2-6,8-9H2,1H3. The first-order valence-corrected chi connectivity index (χ1v) is 7.71. The lowest BCUT2D eigenvalue weighted by molar-refractivity contribution is -0.143. The number of halogens is 3. The number of rotatable bonds is 6. The van der Waals surface area contributed by atoms with Crippen molar-refractivity contribution in [2.75, 3.05) is 26.2 Å². The summed E-state index contributed by atoms with van der Waals surface area (Å²) in [6, 6.07) is 0. The normalized spacial score (nSPS) is 20.7. The SMILES string of the molecule is CCc1ncc(CNCC2CCN(CC(F)(F)F)C2)s1. The molecule has 1 atom stereocenters. The number of aryl methyl sites for hydroxylation is 1. The predicted molar refractivity (Wildman–Crippen MR) is 73.8 cm³/mol. The lowest BCUT2D eigenvalue weighted by Crippen LogP contribution is -2.33. The highest BCUT2D eigenvalue weighted by Gasteiger charge is 2.34. The lowest BCUT2D eigenvalue weighted by atomic mass is 10.1. The Morgan fingerprint density at radius 1 is 1.50 bits per heavy atom. The van der Waals surface area contributed by atoms with Crippen LogP contribution in [0.1, 0.15) is 23.2 Å². The van der Waals surface area contributed by atoms with Gasteiger partial charge in [-0.25, -0.2) is 4.98 Å². The van der Waals surface area contributed by atoms with Crippen LogP contribution >= 0.6 is 11.3 Å². The van der Waals surface area contributed by atoms with E-state index >= 15 is 0 Å². The van der Waals surface area contributed by atoms with E-state index in [2.05, 4.69) is 17.2 Å². The summed E-state index contributed by atoms with van der Waals surface area (Å²) < 4.78 is 36.8. The van der Waals surface area contributed by atoms with Gasteiger partial charge < -0.3 is 5.32 Å². The van der Waals surface area contributed by atoms with Gasteiger partial charge in [-0.1, -0.05) is 6.92 Å². The maximum atomic E-state index is 12.3. The second-order valence-electron chi connectivity index (χ2n) is 5.21. The third kappa shape index (κ3) is 5.03. The summed E-state index contributed by atoms with van der Waals surface area (Å²) in [7, 11) is 0. The van der Waals surface area contributed by atoms with Gasteiger partial charge in [-0.05, 0) is 31.8 Å². The molecule has 2 rings (SSSR count). The molecule has 2 heterocycles. The molecule has 0 spiro atoms. The van der Waals surface area contributed by atoms with Crippen molar-refractivity contribution in [2.45, 2.75) is 32.5 Å². The Kier molecular flexibility index (Phi) is 5.40. The van der Waals surface area contributed by atoms with Gasteiger partial charge in [-0.3, -0.25) is 4.90 Å². The van der Waals surface area contributed by atoms with Crippen molar-refractivity contribution in [2.24, 2.45) is 5.92 Å². The molecule has 1 unspecified atom stereocenters. The van der Waals surface area contributed by atoms with Crippen LogP contribution in [0.2, 0.25) is 0 Å². The van der Waals surface area contributed by atoms with Gasteiger partial charge in [0.1, 0.15) is 0 Å². The molecule has 114 valence electrons. The van der Waals surface area contributed by atoms with Crippen molar-refractivity contribution in [3.8, 4) is 0 Å². The monoisotopic (exact) mass is 307 g/mol. The third-order valence-electron chi connectivity index (χ3n) is 3.41. The zero-order chi connectivity index (χ0) is 14.6. The predicted octanol–water partition coefficient (Wildman–Crippen LogP) is 2.68. The van der Waals surface area contributed by atoms with E-state index in [9.17, 15) is 13.2 Å². The number of hydrogen-bond acceptors (Lipinski definition) is 4. The molecule has 0 saturated carbocycles. The largest absolute Gasteiger partial charge is 0.401 e. The first kappa shape index (κ1) is 15.7. The van der Waals surface area contributed by atoms with Gasteiger partial charge in [0.05, 0.1) is 11.6 Å². The second-order valence-corrected chi connectivity index (χ2v) is 6.41. The van der Waals surface area contributed by atoms with Crippen LogP contribution in [0, 0.1) is 5.92 Å². The van der Waals surface area contributed by atoms with E-state index < -0.39 is 12.7 Å². The molecule has 20 heavy (non-hydrogen) atoms. The molecule has 7 heteroatoms. The van der Waals surface area contributed by atoms with Gasteiger partial charge in [0, 0.05) is 24.2 Å². The minimum Gasteiger partial charge on any atom is -0.311 e. The molecule has 1 N–H and O–H groups in total. The molecule has 1 aliphatic heterocycles. The van der Waals surface area contributed by atoms with E-state index in [1.54, 1.807) is 11.3 Å². The van der Waals surface area contributed by atoms with Crippen LogP contribution in [0.3, 0.4) is 0 Å². The highest BCUT2D eigenvalue weighted by Crippen LogP contribution is 2.22. The van der Waals surface area contributed by atoms with Gasteiger partial charge in [-0.2, -0.15) is 13.2 Å². The van der Waals surface area contributed by atoms with Gasteiger partial charge in [0.2, 0.25) is 0 Å². The van der Waals surface area contributed by atoms with Gasteiger partial charge in [-0.15, -0.1) is 11.3 Å². The molecule has 1 fully saturated rings.